The number of benzene rings is 1. The minimum Gasteiger partial charge on any atom is -0.370 e. The van der Waals surface area contributed by atoms with Crippen LogP contribution in [0.15, 0.2) is 24.3 Å². The quantitative estimate of drug-likeness (QED) is 0.867. The number of amides is 2. The van der Waals surface area contributed by atoms with Crippen molar-refractivity contribution >= 4 is 17.9 Å². The van der Waals surface area contributed by atoms with Gasteiger partial charge in [-0.2, -0.15) is 0 Å². The topological polar surface area (TPSA) is 63.4 Å². The van der Waals surface area contributed by atoms with Crippen LogP contribution >= 0.6 is 0 Å². The average Bonchev–Trinajstić information content (AvgIpc) is 2.46. The van der Waals surface area contributed by atoms with E-state index in [2.05, 4.69) is 0 Å². The second-order valence-corrected chi connectivity index (χ2v) is 5.32. The summed E-state index contributed by atoms with van der Waals surface area (Å²) in [6, 6.07) is 3.28. The Morgan fingerprint density at radius 2 is 1.95 bits per heavy atom. The zero-order valence-corrected chi connectivity index (χ0v) is 12.1. The molecule has 1 aromatic rings. The fourth-order valence-electron chi connectivity index (χ4n) is 2.66. The van der Waals surface area contributed by atoms with Crippen LogP contribution in [0.2, 0.25) is 0 Å². The van der Waals surface area contributed by atoms with Gasteiger partial charge in [-0.1, -0.05) is 6.07 Å². The van der Waals surface area contributed by atoms with Crippen LogP contribution in [-0.4, -0.2) is 29.3 Å². The third-order valence-electron chi connectivity index (χ3n) is 3.74. The van der Waals surface area contributed by atoms with Gasteiger partial charge in [0.15, 0.2) is 0 Å². The van der Waals surface area contributed by atoms with Crippen molar-refractivity contribution in [3.05, 3.63) is 41.5 Å². The molecule has 0 saturated carbocycles. The van der Waals surface area contributed by atoms with Crippen molar-refractivity contribution in [3.63, 3.8) is 0 Å². The van der Waals surface area contributed by atoms with E-state index in [-0.39, 0.29) is 23.9 Å². The third kappa shape index (κ3) is 3.90. The number of hydrogen-bond donors (Lipinski definition) is 1. The molecule has 1 fully saturated rings. The van der Waals surface area contributed by atoms with Crippen molar-refractivity contribution in [2.24, 2.45) is 5.73 Å². The molecule has 1 aliphatic heterocycles. The number of rotatable bonds is 4. The summed E-state index contributed by atoms with van der Waals surface area (Å²) in [5.41, 5.74) is 4.95. The minimum atomic E-state index is -0.726. The number of hydrogen-bond acceptors (Lipinski definition) is 2. The Morgan fingerprint density at radius 1 is 1.27 bits per heavy atom. The first kappa shape index (κ1) is 16.1. The Kier molecular flexibility index (Phi) is 5.25. The van der Waals surface area contributed by atoms with Gasteiger partial charge in [0.25, 0.3) is 0 Å². The second kappa shape index (κ2) is 7.15. The number of nitrogens with zero attached hydrogens (tertiary/aromatic N) is 1. The molecule has 1 aliphatic rings. The van der Waals surface area contributed by atoms with E-state index in [1.54, 1.807) is 4.90 Å². The van der Waals surface area contributed by atoms with E-state index < -0.39 is 17.5 Å². The molecule has 4 nitrogen and oxygen atoms in total. The molecule has 0 bridgehead atoms. The second-order valence-electron chi connectivity index (χ2n) is 5.32. The van der Waals surface area contributed by atoms with E-state index in [4.69, 9.17) is 5.73 Å². The highest BCUT2D eigenvalue weighted by atomic mass is 19.1. The van der Waals surface area contributed by atoms with Crippen molar-refractivity contribution in [2.75, 3.05) is 6.54 Å². The van der Waals surface area contributed by atoms with Gasteiger partial charge in [-0.05, 0) is 37.5 Å². The number of likely N-dealkylation sites (tertiary alicyclic amines) is 1. The van der Waals surface area contributed by atoms with Gasteiger partial charge >= 0.3 is 0 Å². The monoisotopic (exact) mass is 308 g/mol. The number of halogens is 2. The summed E-state index contributed by atoms with van der Waals surface area (Å²) in [5, 5.41) is 0. The summed E-state index contributed by atoms with van der Waals surface area (Å²) in [5.74, 6) is -2.28. The highest BCUT2D eigenvalue weighted by Crippen LogP contribution is 2.21. The molecule has 1 unspecified atom stereocenters. The zero-order valence-electron chi connectivity index (χ0n) is 12.1. The van der Waals surface area contributed by atoms with Gasteiger partial charge in [0.2, 0.25) is 11.8 Å². The number of primary amides is 1. The van der Waals surface area contributed by atoms with Gasteiger partial charge in [-0.25, -0.2) is 8.78 Å². The largest absolute Gasteiger partial charge is 0.370 e. The predicted molar refractivity (Wildman–Crippen MR) is 78.6 cm³/mol. The average molecular weight is 308 g/mol. The number of carbonyl (C=O) groups is 2. The molecular formula is C16H18F2N2O2. The predicted octanol–water partition coefficient (Wildman–Crippen LogP) is 2.23. The van der Waals surface area contributed by atoms with E-state index in [0.717, 1.165) is 37.1 Å². The smallest absolute Gasteiger partial charge is 0.246 e. The van der Waals surface area contributed by atoms with E-state index in [1.165, 1.54) is 6.07 Å². The lowest BCUT2D eigenvalue weighted by atomic mass is 9.99. The number of piperidine rings is 1. The first-order valence-electron chi connectivity index (χ1n) is 7.20. The maximum atomic E-state index is 13.5. The first-order valence-corrected chi connectivity index (χ1v) is 7.20. The fourth-order valence-corrected chi connectivity index (χ4v) is 2.66. The summed E-state index contributed by atoms with van der Waals surface area (Å²) in [4.78, 5) is 24.8. The van der Waals surface area contributed by atoms with E-state index >= 15 is 0 Å². The number of nitrogens with two attached hydrogens (primary N) is 1. The Labute approximate surface area is 127 Å². The Bertz CT molecular complexity index is 582. The molecule has 1 heterocycles. The molecule has 2 amide bonds. The minimum absolute atomic E-state index is 0.105. The van der Waals surface area contributed by atoms with Crippen LogP contribution in [0.1, 0.15) is 31.2 Å². The van der Waals surface area contributed by atoms with Crippen LogP contribution in [0, 0.1) is 11.6 Å². The van der Waals surface area contributed by atoms with Gasteiger partial charge in [-0.15, -0.1) is 0 Å². The third-order valence-corrected chi connectivity index (χ3v) is 3.74. The zero-order chi connectivity index (χ0) is 16.1. The molecule has 1 aromatic carbocycles. The maximum absolute atomic E-state index is 13.5. The molecule has 0 aliphatic carbocycles. The molecular weight excluding hydrogens is 290 g/mol. The molecule has 6 heteroatoms. The van der Waals surface area contributed by atoms with Crippen LogP contribution < -0.4 is 5.73 Å². The van der Waals surface area contributed by atoms with Crippen molar-refractivity contribution in [3.8, 4) is 0 Å². The summed E-state index contributed by atoms with van der Waals surface area (Å²) in [7, 11) is 0. The van der Waals surface area contributed by atoms with Crippen LogP contribution in [0.3, 0.4) is 0 Å². The Hall–Kier alpha value is -2.24. The van der Waals surface area contributed by atoms with Gasteiger partial charge in [0, 0.05) is 30.6 Å². The van der Waals surface area contributed by atoms with Crippen LogP contribution in [-0.2, 0) is 9.59 Å². The van der Waals surface area contributed by atoms with Crippen LogP contribution in [0.25, 0.3) is 6.08 Å². The lowest BCUT2D eigenvalue weighted by molar-refractivity contribution is -0.130. The fraction of sp³-hybridized carbons (Fsp3) is 0.375. The summed E-state index contributed by atoms with van der Waals surface area (Å²) < 4.78 is 27.0. The molecule has 1 saturated heterocycles. The van der Waals surface area contributed by atoms with Gasteiger partial charge in [0.1, 0.15) is 11.6 Å². The highest BCUT2D eigenvalue weighted by Gasteiger charge is 2.26. The summed E-state index contributed by atoms with van der Waals surface area (Å²) in [6.07, 6.45) is 4.84. The van der Waals surface area contributed by atoms with Crippen molar-refractivity contribution in [2.45, 2.75) is 31.7 Å². The molecule has 0 spiro atoms. The van der Waals surface area contributed by atoms with E-state index in [9.17, 15) is 18.4 Å². The molecule has 118 valence electrons. The SMILES string of the molecule is NC(=O)CC1CCCCN1C(=O)C=Cc1c(F)cccc1F. The van der Waals surface area contributed by atoms with E-state index in [0.29, 0.717) is 13.0 Å². The Morgan fingerprint density at radius 3 is 2.59 bits per heavy atom. The summed E-state index contributed by atoms with van der Waals surface area (Å²) in [6.45, 7) is 0.515. The molecule has 22 heavy (non-hydrogen) atoms. The lowest BCUT2D eigenvalue weighted by Crippen LogP contribution is -2.44. The van der Waals surface area contributed by atoms with Crippen molar-refractivity contribution in [1.29, 1.82) is 0 Å². The summed E-state index contributed by atoms with van der Waals surface area (Å²) >= 11 is 0. The van der Waals surface area contributed by atoms with Gasteiger partial charge in [0.05, 0.1) is 0 Å². The lowest BCUT2D eigenvalue weighted by Gasteiger charge is -2.34. The molecule has 1 atom stereocenters. The number of carbonyl (C=O) groups excluding carboxylic acids is 2. The molecule has 0 radical (unpaired) electrons. The van der Waals surface area contributed by atoms with Crippen LogP contribution in [0.4, 0.5) is 8.78 Å². The van der Waals surface area contributed by atoms with Gasteiger partial charge in [-0.3, -0.25) is 9.59 Å². The maximum Gasteiger partial charge on any atom is 0.246 e. The Balaban J connectivity index is 2.12. The highest BCUT2D eigenvalue weighted by molar-refractivity contribution is 5.92. The van der Waals surface area contributed by atoms with E-state index in [1.807, 2.05) is 0 Å². The van der Waals surface area contributed by atoms with Crippen LogP contribution in [0.5, 0.6) is 0 Å². The first-order chi connectivity index (χ1) is 10.5. The molecule has 0 aromatic heterocycles. The van der Waals surface area contributed by atoms with Crippen molar-refractivity contribution < 1.29 is 18.4 Å². The molecule has 2 rings (SSSR count). The normalized spacial score (nSPS) is 18.6. The van der Waals surface area contributed by atoms with Gasteiger partial charge < -0.3 is 10.6 Å². The molecule has 2 N–H and O–H groups in total. The standard InChI is InChI=1S/C16H18F2N2O2/c17-13-5-3-6-14(18)12(13)7-8-16(22)20-9-2-1-4-11(20)10-15(19)21/h3,5-8,11H,1-2,4,9-10H2,(H2,19,21). The van der Waals surface area contributed by atoms with Crippen molar-refractivity contribution in [1.82, 2.24) is 4.90 Å².